The van der Waals surface area contributed by atoms with E-state index in [0.29, 0.717) is 41.7 Å². The maximum Gasteiger partial charge on any atom is 0.260 e. The summed E-state index contributed by atoms with van der Waals surface area (Å²) in [6.45, 7) is 4.04. The second kappa shape index (κ2) is 8.20. The van der Waals surface area contributed by atoms with E-state index in [-0.39, 0.29) is 18.6 Å². The van der Waals surface area contributed by atoms with Gasteiger partial charge in [0.2, 0.25) is 10.0 Å². The minimum absolute atomic E-state index is 0.135. The summed E-state index contributed by atoms with van der Waals surface area (Å²) in [5.74, 6) is 0.217. The Morgan fingerprint density at radius 1 is 1.38 bits per heavy atom. The van der Waals surface area contributed by atoms with Gasteiger partial charge in [0, 0.05) is 29.6 Å². The number of nitrogens with zero attached hydrogens (tertiary/aromatic N) is 1. The highest BCUT2D eigenvalue weighted by Crippen LogP contribution is 2.27. The van der Waals surface area contributed by atoms with Gasteiger partial charge in [0.1, 0.15) is 5.75 Å². The van der Waals surface area contributed by atoms with Gasteiger partial charge in [0.15, 0.2) is 6.61 Å². The fourth-order valence-electron chi connectivity index (χ4n) is 2.35. The predicted molar refractivity (Wildman–Crippen MR) is 93.8 cm³/mol. The van der Waals surface area contributed by atoms with Crippen molar-refractivity contribution in [1.82, 2.24) is 9.62 Å². The zero-order chi connectivity index (χ0) is 17.7. The van der Waals surface area contributed by atoms with Gasteiger partial charge in [-0.15, -0.1) is 0 Å². The maximum atomic E-state index is 12.2. The van der Waals surface area contributed by atoms with E-state index in [1.165, 1.54) is 0 Å². The first-order chi connectivity index (χ1) is 11.3. The number of hydrogen-bond acceptors (Lipinski definition) is 4. The number of carbonyl (C=O) groups excluding carboxylic acids is 1. The molecule has 1 fully saturated rings. The van der Waals surface area contributed by atoms with Gasteiger partial charge in [-0.1, -0.05) is 29.8 Å². The Morgan fingerprint density at radius 3 is 2.62 bits per heavy atom. The van der Waals surface area contributed by atoms with Crippen LogP contribution < -0.4 is 9.46 Å². The number of rotatable bonds is 6. The quantitative estimate of drug-likeness (QED) is 0.806. The Balaban J connectivity index is 1.81. The summed E-state index contributed by atoms with van der Waals surface area (Å²) in [4.78, 5) is 13.8. The largest absolute Gasteiger partial charge is 0.482 e. The number of benzene rings is 1. The Kier molecular flexibility index (Phi) is 6.51. The molecule has 0 saturated carbocycles. The molecule has 1 aromatic rings. The van der Waals surface area contributed by atoms with Crippen LogP contribution in [0.2, 0.25) is 10.0 Å². The van der Waals surface area contributed by atoms with Crippen LogP contribution in [-0.4, -0.2) is 45.0 Å². The van der Waals surface area contributed by atoms with Crippen LogP contribution in [0.25, 0.3) is 0 Å². The lowest BCUT2D eigenvalue weighted by Gasteiger charge is -2.32. The third kappa shape index (κ3) is 5.37. The molecule has 1 N–H and O–H groups in total. The average Bonchev–Trinajstić information content (AvgIpc) is 2.54. The summed E-state index contributed by atoms with van der Waals surface area (Å²) in [7, 11) is -3.45. The molecule has 24 heavy (non-hydrogen) atoms. The Morgan fingerprint density at radius 2 is 2.04 bits per heavy atom. The molecule has 0 aromatic heterocycles. The second-order valence-corrected chi connectivity index (χ2v) is 7.85. The summed E-state index contributed by atoms with van der Waals surface area (Å²) in [5, 5.41) is 1.71. The van der Waals surface area contributed by atoms with Crippen molar-refractivity contribution in [3.05, 3.63) is 40.2 Å². The average molecular weight is 393 g/mol. The van der Waals surface area contributed by atoms with E-state index in [1.54, 1.807) is 23.1 Å². The number of ether oxygens (including phenoxy) is 1. The molecule has 1 aromatic carbocycles. The van der Waals surface area contributed by atoms with E-state index >= 15 is 0 Å². The molecule has 0 atom stereocenters. The van der Waals surface area contributed by atoms with Crippen LogP contribution in [0.1, 0.15) is 12.8 Å². The third-order valence-corrected chi connectivity index (χ3v) is 5.27. The highest BCUT2D eigenvalue weighted by Gasteiger charge is 2.25. The number of halogens is 2. The third-order valence-electron chi connectivity index (χ3n) is 3.64. The normalized spacial score (nSPS) is 16.0. The summed E-state index contributed by atoms with van der Waals surface area (Å²) in [6.07, 6.45) is 1.08. The standard InChI is InChI=1S/C15H18Cl2N2O4S/c1-2-24(21,22)18-12-5-7-19(8-6-12)15(20)10-23-14-4-3-11(16)9-13(14)17/h2-4,9,12,18H,1,5-8,10H2. The highest BCUT2D eigenvalue weighted by atomic mass is 35.5. The Hall–Kier alpha value is -1.28. The molecular weight excluding hydrogens is 375 g/mol. The first-order valence-electron chi connectivity index (χ1n) is 7.31. The number of piperidine rings is 1. The van der Waals surface area contributed by atoms with Gasteiger partial charge >= 0.3 is 0 Å². The van der Waals surface area contributed by atoms with Crippen LogP contribution in [0, 0.1) is 0 Å². The van der Waals surface area contributed by atoms with E-state index in [0.717, 1.165) is 5.41 Å². The summed E-state index contributed by atoms with van der Waals surface area (Å²) < 4.78 is 30.8. The Bertz CT molecular complexity index is 716. The predicted octanol–water partition coefficient (Wildman–Crippen LogP) is 2.43. The van der Waals surface area contributed by atoms with Crippen molar-refractivity contribution in [3.8, 4) is 5.75 Å². The number of sulfonamides is 1. The lowest BCUT2D eigenvalue weighted by Crippen LogP contribution is -2.47. The minimum Gasteiger partial charge on any atom is -0.482 e. The van der Waals surface area contributed by atoms with E-state index < -0.39 is 10.0 Å². The first kappa shape index (κ1) is 19.1. The van der Waals surface area contributed by atoms with Crippen LogP contribution in [-0.2, 0) is 14.8 Å². The second-order valence-electron chi connectivity index (χ2n) is 5.35. The smallest absolute Gasteiger partial charge is 0.260 e. The number of amides is 1. The molecule has 6 nitrogen and oxygen atoms in total. The molecule has 2 rings (SSSR count). The van der Waals surface area contributed by atoms with Gasteiger partial charge in [0.05, 0.1) is 5.02 Å². The van der Waals surface area contributed by atoms with Crippen molar-refractivity contribution < 1.29 is 17.9 Å². The molecule has 0 bridgehead atoms. The van der Waals surface area contributed by atoms with Crippen LogP contribution in [0.5, 0.6) is 5.75 Å². The SMILES string of the molecule is C=CS(=O)(=O)NC1CCN(C(=O)COc2ccc(Cl)cc2Cl)CC1. The van der Waals surface area contributed by atoms with Crippen molar-refractivity contribution in [1.29, 1.82) is 0 Å². The maximum absolute atomic E-state index is 12.2. The van der Waals surface area contributed by atoms with E-state index in [9.17, 15) is 13.2 Å². The minimum atomic E-state index is -3.45. The van der Waals surface area contributed by atoms with Crippen molar-refractivity contribution in [3.63, 3.8) is 0 Å². The van der Waals surface area contributed by atoms with E-state index in [4.69, 9.17) is 27.9 Å². The molecule has 0 spiro atoms. The number of nitrogens with one attached hydrogen (secondary N) is 1. The number of carbonyl (C=O) groups is 1. The molecule has 1 amide bonds. The molecule has 1 aliphatic rings. The first-order valence-corrected chi connectivity index (χ1v) is 9.61. The van der Waals surface area contributed by atoms with Crippen LogP contribution in [0.4, 0.5) is 0 Å². The lowest BCUT2D eigenvalue weighted by atomic mass is 10.1. The molecule has 0 unspecified atom stereocenters. The van der Waals surface area contributed by atoms with Gasteiger partial charge in [-0.2, -0.15) is 0 Å². The van der Waals surface area contributed by atoms with E-state index in [2.05, 4.69) is 11.3 Å². The van der Waals surface area contributed by atoms with Crippen LogP contribution in [0.3, 0.4) is 0 Å². The zero-order valence-corrected chi connectivity index (χ0v) is 15.2. The fourth-order valence-corrected chi connectivity index (χ4v) is 3.61. The monoisotopic (exact) mass is 392 g/mol. The molecule has 1 heterocycles. The van der Waals surface area contributed by atoms with Crippen molar-refractivity contribution in [2.45, 2.75) is 18.9 Å². The van der Waals surface area contributed by atoms with Crippen LogP contribution in [0.15, 0.2) is 30.2 Å². The molecule has 0 radical (unpaired) electrons. The van der Waals surface area contributed by atoms with E-state index in [1.807, 2.05) is 0 Å². The fraction of sp³-hybridized carbons (Fsp3) is 0.400. The highest BCUT2D eigenvalue weighted by molar-refractivity contribution is 7.92. The number of likely N-dealkylation sites (tertiary alicyclic amines) is 1. The lowest BCUT2D eigenvalue weighted by molar-refractivity contribution is -0.134. The molecule has 132 valence electrons. The van der Waals surface area contributed by atoms with Crippen molar-refractivity contribution in [2.75, 3.05) is 19.7 Å². The summed E-state index contributed by atoms with van der Waals surface area (Å²) in [5.41, 5.74) is 0. The van der Waals surface area contributed by atoms with Crippen LogP contribution >= 0.6 is 23.2 Å². The summed E-state index contributed by atoms with van der Waals surface area (Å²) >= 11 is 11.8. The summed E-state index contributed by atoms with van der Waals surface area (Å²) in [6, 6.07) is 4.59. The molecule has 1 aliphatic heterocycles. The number of hydrogen-bond donors (Lipinski definition) is 1. The van der Waals surface area contributed by atoms with Gasteiger partial charge in [-0.25, -0.2) is 13.1 Å². The zero-order valence-electron chi connectivity index (χ0n) is 12.9. The van der Waals surface area contributed by atoms with Crippen molar-refractivity contribution >= 4 is 39.1 Å². The van der Waals surface area contributed by atoms with Gasteiger partial charge < -0.3 is 9.64 Å². The van der Waals surface area contributed by atoms with Gasteiger partial charge in [0.25, 0.3) is 5.91 Å². The molecular formula is C15H18Cl2N2O4S. The topological polar surface area (TPSA) is 75.7 Å². The molecule has 1 saturated heterocycles. The Labute approximate surface area is 151 Å². The molecule has 9 heteroatoms. The molecule has 0 aliphatic carbocycles. The van der Waals surface area contributed by atoms with Crippen molar-refractivity contribution in [2.24, 2.45) is 0 Å². The van der Waals surface area contributed by atoms with Gasteiger partial charge in [-0.3, -0.25) is 4.79 Å². The van der Waals surface area contributed by atoms with Gasteiger partial charge in [-0.05, 0) is 31.0 Å².